The van der Waals surface area contributed by atoms with Gasteiger partial charge < -0.3 is 4.18 Å². The molecule has 0 radical (unpaired) electrons. The number of nitrogens with zero attached hydrogens (tertiary/aromatic N) is 2. The number of alkyl halides is 3. The van der Waals surface area contributed by atoms with Crippen LogP contribution in [-0.4, -0.2) is 44.2 Å². The second-order valence-corrected chi connectivity index (χ2v) is 11.4. The van der Waals surface area contributed by atoms with Crippen molar-refractivity contribution in [2.45, 2.75) is 58.5 Å². The first kappa shape index (κ1) is 27.6. The molecule has 0 aliphatic rings. The number of carbonyl (C=O) groups is 1. The molecule has 0 atom stereocenters. The third kappa shape index (κ3) is 5.04. The van der Waals surface area contributed by atoms with E-state index in [1.54, 1.807) is 20.8 Å². The fraction of sp³-hybridized carbons (Fsp3) is 0.429. The molecule has 2 aromatic rings. The summed E-state index contributed by atoms with van der Waals surface area (Å²) in [5.41, 5.74) is -4.32. The minimum absolute atomic E-state index is 0.0163. The van der Waals surface area contributed by atoms with Crippen LogP contribution in [0.15, 0.2) is 22.6 Å². The maximum Gasteiger partial charge on any atom is 0.534 e. The van der Waals surface area contributed by atoms with Crippen LogP contribution in [0, 0.1) is 13.8 Å². The summed E-state index contributed by atoms with van der Waals surface area (Å²) >= 11 is 0. The molecule has 0 aliphatic carbocycles. The van der Waals surface area contributed by atoms with E-state index in [4.69, 9.17) is 0 Å². The Balaban J connectivity index is 2.85. The van der Waals surface area contributed by atoms with Gasteiger partial charge in [-0.15, -0.1) is 0 Å². The molecule has 0 saturated heterocycles. The lowest BCUT2D eigenvalue weighted by Gasteiger charge is -2.17. The van der Waals surface area contributed by atoms with Gasteiger partial charge in [0.05, 0.1) is 10.6 Å². The Morgan fingerprint density at radius 3 is 2.06 bits per heavy atom. The van der Waals surface area contributed by atoms with Crippen LogP contribution in [0.1, 0.15) is 60.4 Å². The first-order valence-electron chi connectivity index (χ1n) is 9.96. The lowest BCUT2D eigenvalue weighted by atomic mass is 9.91. The highest BCUT2D eigenvalue weighted by Gasteiger charge is 2.49. The van der Waals surface area contributed by atoms with E-state index in [1.807, 2.05) is 0 Å². The Morgan fingerprint density at radius 1 is 1.06 bits per heavy atom. The highest BCUT2D eigenvalue weighted by Crippen LogP contribution is 2.35. The summed E-state index contributed by atoms with van der Waals surface area (Å²) in [7, 11) is -9.77. The van der Waals surface area contributed by atoms with Crippen LogP contribution in [0.25, 0.3) is 5.57 Å². The average molecular weight is 523 g/mol. The summed E-state index contributed by atoms with van der Waals surface area (Å²) in [6, 6.07) is 2.48. The number of halogens is 3. The highest BCUT2D eigenvalue weighted by atomic mass is 32.2. The Bertz CT molecular complexity index is 1400. The van der Waals surface area contributed by atoms with Crippen molar-refractivity contribution in [3.8, 4) is 5.88 Å². The van der Waals surface area contributed by atoms with Crippen molar-refractivity contribution in [2.75, 3.05) is 6.26 Å². The van der Waals surface area contributed by atoms with E-state index in [2.05, 4.69) is 9.28 Å². The van der Waals surface area contributed by atoms with Crippen LogP contribution in [-0.2, 0) is 26.5 Å². The number of ketones is 1. The smallest absolute Gasteiger partial charge is 0.355 e. The van der Waals surface area contributed by atoms with Crippen molar-refractivity contribution in [1.82, 2.24) is 9.78 Å². The van der Waals surface area contributed by atoms with Crippen molar-refractivity contribution in [3.05, 3.63) is 45.7 Å². The van der Waals surface area contributed by atoms with Gasteiger partial charge in [-0.3, -0.25) is 4.79 Å². The van der Waals surface area contributed by atoms with Gasteiger partial charge in [0.2, 0.25) is 11.7 Å². The Hall–Kier alpha value is -2.67. The largest absolute Gasteiger partial charge is 0.534 e. The molecule has 0 N–H and O–H groups in total. The predicted octanol–water partition coefficient (Wildman–Crippen LogP) is 4.20. The van der Waals surface area contributed by atoms with Crippen LogP contribution < -0.4 is 4.18 Å². The summed E-state index contributed by atoms with van der Waals surface area (Å²) < 4.78 is 92.2. The lowest BCUT2D eigenvalue weighted by molar-refractivity contribution is -0.0502. The zero-order chi connectivity index (χ0) is 26.4. The van der Waals surface area contributed by atoms with E-state index in [1.165, 1.54) is 32.9 Å². The molecule has 0 fully saturated rings. The third-order valence-corrected chi connectivity index (χ3v) is 7.36. The molecule has 1 heterocycles. The van der Waals surface area contributed by atoms with Gasteiger partial charge in [-0.1, -0.05) is 5.57 Å². The van der Waals surface area contributed by atoms with Crippen LogP contribution >= 0.6 is 0 Å². The van der Waals surface area contributed by atoms with Crippen molar-refractivity contribution in [2.24, 2.45) is 0 Å². The fourth-order valence-corrected chi connectivity index (χ4v) is 4.83. The summed E-state index contributed by atoms with van der Waals surface area (Å²) in [6.07, 6.45) is 1.02. The van der Waals surface area contributed by atoms with Crippen molar-refractivity contribution in [1.29, 1.82) is 0 Å². The molecule has 188 valence electrons. The summed E-state index contributed by atoms with van der Waals surface area (Å²) in [5, 5.41) is 3.95. The number of hydrogen-bond acceptors (Lipinski definition) is 7. The topological polar surface area (TPSA) is 112 Å². The summed E-state index contributed by atoms with van der Waals surface area (Å²) in [6.45, 7) is 9.45. The third-order valence-electron chi connectivity index (χ3n) is 5.28. The molecular weight excluding hydrogens is 497 g/mol. The molecule has 34 heavy (non-hydrogen) atoms. The van der Waals surface area contributed by atoms with Gasteiger partial charge in [0, 0.05) is 18.4 Å². The van der Waals surface area contributed by atoms with Crippen molar-refractivity contribution >= 4 is 31.3 Å². The van der Waals surface area contributed by atoms with Crippen LogP contribution in [0.3, 0.4) is 0 Å². The number of aryl methyl sites for hydroxylation is 2. The maximum atomic E-state index is 13.5. The molecule has 0 amide bonds. The molecule has 0 aliphatic heterocycles. The molecule has 13 heteroatoms. The van der Waals surface area contributed by atoms with E-state index in [0.29, 0.717) is 11.1 Å². The van der Waals surface area contributed by atoms with Gasteiger partial charge in [-0.25, -0.2) is 13.1 Å². The molecule has 8 nitrogen and oxygen atoms in total. The molecule has 0 spiro atoms. The normalized spacial score (nSPS) is 12.5. The first-order valence-corrected chi connectivity index (χ1v) is 13.3. The van der Waals surface area contributed by atoms with Gasteiger partial charge in [-0.2, -0.15) is 26.7 Å². The van der Waals surface area contributed by atoms with Crippen LogP contribution in [0.2, 0.25) is 0 Å². The molecular formula is C21H25F3N2O6S2. The molecule has 2 rings (SSSR count). The lowest BCUT2D eigenvalue weighted by Crippen LogP contribution is -2.29. The standard InChI is InChI=1S/C21H25F3N2O6S2/c1-8-26-20(32-34(30,31)21(22,23)24)18(14(6)25-26)19(27)15-9-10-16(33(7,28)29)17(13(15)5)12(4)11(2)3/h9-10H,8H2,1-7H3. The predicted molar refractivity (Wildman–Crippen MR) is 120 cm³/mol. The second kappa shape index (κ2) is 9.17. The van der Waals surface area contributed by atoms with Crippen LogP contribution in [0.5, 0.6) is 5.88 Å². The quantitative estimate of drug-likeness (QED) is 0.304. The van der Waals surface area contributed by atoms with E-state index < -0.39 is 42.7 Å². The van der Waals surface area contributed by atoms with E-state index >= 15 is 0 Å². The number of benzene rings is 1. The number of rotatable bonds is 7. The fourth-order valence-electron chi connectivity index (χ4n) is 3.36. The van der Waals surface area contributed by atoms with E-state index in [9.17, 15) is 34.8 Å². The Kier molecular flexibility index (Phi) is 7.44. The van der Waals surface area contributed by atoms with E-state index in [0.717, 1.165) is 16.5 Å². The number of aromatic nitrogens is 2. The zero-order valence-corrected chi connectivity index (χ0v) is 21.3. The molecule has 1 aromatic carbocycles. The monoisotopic (exact) mass is 522 g/mol. The number of sulfone groups is 1. The van der Waals surface area contributed by atoms with Gasteiger partial charge in [0.1, 0.15) is 5.56 Å². The second-order valence-electron chi connectivity index (χ2n) is 7.90. The SMILES string of the molecule is CCn1nc(C)c(C(=O)c2ccc(S(C)(=O)=O)c(C(C)=C(C)C)c2C)c1OS(=O)(=O)C(F)(F)F. The van der Waals surface area contributed by atoms with Gasteiger partial charge in [0.15, 0.2) is 9.84 Å². The van der Waals surface area contributed by atoms with Crippen LogP contribution in [0.4, 0.5) is 13.2 Å². The molecule has 0 unspecified atom stereocenters. The van der Waals surface area contributed by atoms with Gasteiger partial charge >= 0.3 is 15.6 Å². The summed E-state index contributed by atoms with van der Waals surface area (Å²) in [5.74, 6) is -1.72. The molecule has 0 saturated carbocycles. The molecule has 0 bridgehead atoms. The Morgan fingerprint density at radius 2 is 1.62 bits per heavy atom. The average Bonchev–Trinajstić information content (AvgIpc) is 2.99. The molecule has 1 aromatic heterocycles. The highest BCUT2D eigenvalue weighted by molar-refractivity contribution is 7.90. The Labute approximate surface area is 196 Å². The number of carbonyl (C=O) groups excluding carboxylic acids is 1. The number of hydrogen-bond donors (Lipinski definition) is 0. The van der Waals surface area contributed by atoms with Crippen molar-refractivity contribution < 1.29 is 39.0 Å². The van der Waals surface area contributed by atoms with E-state index in [-0.39, 0.29) is 28.3 Å². The van der Waals surface area contributed by atoms with Gasteiger partial charge in [0.25, 0.3) is 0 Å². The zero-order valence-electron chi connectivity index (χ0n) is 19.7. The number of allylic oxidation sites excluding steroid dienone is 2. The minimum atomic E-state index is -6.08. The summed E-state index contributed by atoms with van der Waals surface area (Å²) in [4.78, 5) is 13.5. The minimum Gasteiger partial charge on any atom is -0.355 e. The van der Waals surface area contributed by atoms with Crippen molar-refractivity contribution in [3.63, 3.8) is 0 Å². The first-order chi connectivity index (χ1) is 15.3. The van der Waals surface area contributed by atoms with Gasteiger partial charge in [-0.05, 0) is 70.4 Å². The maximum absolute atomic E-state index is 13.5.